The number of hydrogen-bond acceptors (Lipinski definition) is 6. The quantitative estimate of drug-likeness (QED) is 0.274. The average molecular weight is 505 g/mol. The Morgan fingerprint density at radius 1 is 1.19 bits per heavy atom. The van der Waals surface area contributed by atoms with Crippen LogP contribution in [0.1, 0.15) is 49.4 Å². The normalized spacial score (nSPS) is 18.4. The van der Waals surface area contributed by atoms with Gasteiger partial charge < -0.3 is 14.0 Å². The van der Waals surface area contributed by atoms with Crippen molar-refractivity contribution in [3.8, 4) is 11.4 Å². The number of benzene rings is 1. The Balaban J connectivity index is 1.74. The lowest BCUT2D eigenvalue weighted by atomic mass is 9.85. The van der Waals surface area contributed by atoms with Gasteiger partial charge in [0.05, 0.1) is 29.0 Å². The van der Waals surface area contributed by atoms with Crippen LogP contribution in [0, 0.1) is 0 Å². The van der Waals surface area contributed by atoms with E-state index in [1.807, 2.05) is 24.3 Å². The molecule has 0 fully saturated rings. The lowest BCUT2D eigenvalue weighted by Gasteiger charge is -2.35. The van der Waals surface area contributed by atoms with E-state index < -0.39 is 25.6 Å². The molecule has 0 amide bonds. The third-order valence-electron chi connectivity index (χ3n) is 8.01. The number of hydrogen-bond donors (Lipinski definition) is 0. The van der Waals surface area contributed by atoms with Gasteiger partial charge in [0, 0.05) is 31.5 Å². The number of rotatable bonds is 6. The van der Waals surface area contributed by atoms with Crippen LogP contribution in [-0.4, -0.2) is 29.6 Å². The molecule has 0 aliphatic carbocycles. The van der Waals surface area contributed by atoms with E-state index in [2.05, 4.69) is 26.1 Å². The van der Waals surface area contributed by atoms with Gasteiger partial charge in [-0.3, -0.25) is 9.59 Å². The van der Waals surface area contributed by atoms with Crippen LogP contribution < -0.4 is 5.56 Å². The van der Waals surface area contributed by atoms with Crippen molar-refractivity contribution in [1.82, 2.24) is 9.55 Å². The Morgan fingerprint density at radius 3 is 2.64 bits per heavy atom. The number of carbonyl (C=O) groups is 2. The van der Waals surface area contributed by atoms with Gasteiger partial charge in [0.1, 0.15) is 6.61 Å². The summed E-state index contributed by atoms with van der Waals surface area (Å²) in [5.41, 5.74) is 3.55. The van der Waals surface area contributed by atoms with Crippen molar-refractivity contribution < 1.29 is 19.1 Å². The van der Waals surface area contributed by atoms with Crippen LogP contribution in [0.25, 0.3) is 22.3 Å². The SMILES string of the molecule is CC[C@@]1(OC(C)=O)C(=O)OCc2c1cc1n(c2=O)Cc2c-1nc1ccccc1c2CC[Si](C)(C)CC. The molecule has 188 valence electrons. The summed E-state index contributed by atoms with van der Waals surface area (Å²) in [4.78, 5) is 43.7. The third kappa shape index (κ3) is 3.70. The molecular weight excluding hydrogens is 472 g/mol. The fourth-order valence-corrected chi connectivity index (χ4v) is 6.72. The Hall–Kier alpha value is -3.26. The number of esters is 2. The van der Waals surface area contributed by atoms with E-state index in [9.17, 15) is 14.4 Å². The van der Waals surface area contributed by atoms with Gasteiger partial charge in [0.2, 0.25) is 5.60 Å². The first-order valence-corrected chi connectivity index (χ1v) is 16.1. The molecule has 5 rings (SSSR count). The van der Waals surface area contributed by atoms with Crippen molar-refractivity contribution >= 4 is 30.9 Å². The van der Waals surface area contributed by atoms with Crippen molar-refractivity contribution in [2.45, 2.75) is 77.5 Å². The van der Waals surface area contributed by atoms with Gasteiger partial charge in [-0.15, -0.1) is 0 Å². The number of cyclic esters (lactones) is 1. The molecule has 0 radical (unpaired) electrons. The van der Waals surface area contributed by atoms with E-state index in [1.54, 1.807) is 11.5 Å². The molecule has 8 heteroatoms. The van der Waals surface area contributed by atoms with E-state index >= 15 is 0 Å². The number of ether oxygens (including phenoxy) is 2. The second kappa shape index (κ2) is 8.69. The second-order valence-electron chi connectivity index (χ2n) is 10.6. The highest BCUT2D eigenvalue weighted by Crippen LogP contribution is 2.42. The van der Waals surface area contributed by atoms with Gasteiger partial charge in [0.25, 0.3) is 5.56 Å². The number of para-hydroxylation sites is 1. The zero-order chi connectivity index (χ0) is 25.8. The molecule has 0 bridgehead atoms. The number of aryl methyl sites for hydroxylation is 1. The summed E-state index contributed by atoms with van der Waals surface area (Å²) in [5.74, 6) is -1.24. The van der Waals surface area contributed by atoms with Crippen LogP contribution in [0.3, 0.4) is 0 Å². The van der Waals surface area contributed by atoms with E-state index in [0.717, 1.165) is 34.6 Å². The van der Waals surface area contributed by atoms with Crippen LogP contribution in [0.15, 0.2) is 35.1 Å². The fraction of sp³-hybridized carbons (Fsp3) is 0.429. The van der Waals surface area contributed by atoms with Gasteiger partial charge in [-0.25, -0.2) is 9.78 Å². The van der Waals surface area contributed by atoms with Crippen molar-refractivity contribution in [1.29, 1.82) is 0 Å². The van der Waals surface area contributed by atoms with Gasteiger partial charge >= 0.3 is 11.9 Å². The average Bonchev–Trinajstić information content (AvgIpc) is 3.22. The third-order valence-corrected chi connectivity index (χ3v) is 11.5. The number of carbonyl (C=O) groups excluding carboxylic acids is 2. The Kier molecular flexibility index (Phi) is 5.90. The molecule has 1 aromatic carbocycles. The minimum atomic E-state index is -1.63. The van der Waals surface area contributed by atoms with Crippen molar-refractivity contribution in [2.75, 3.05) is 0 Å². The maximum absolute atomic E-state index is 13.7. The van der Waals surface area contributed by atoms with Crippen LogP contribution in [0.2, 0.25) is 25.2 Å². The van der Waals surface area contributed by atoms with Crippen LogP contribution >= 0.6 is 0 Å². The van der Waals surface area contributed by atoms with Gasteiger partial charge in [-0.1, -0.05) is 57.2 Å². The highest BCUT2D eigenvalue weighted by Gasteiger charge is 2.50. The molecule has 2 aliphatic heterocycles. The number of pyridine rings is 2. The lowest BCUT2D eigenvalue weighted by Crippen LogP contribution is -2.47. The molecular formula is C28H32N2O5Si. The predicted octanol–water partition coefficient (Wildman–Crippen LogP) is 4.92. The highest BCUT2D eigenvalue weighted by molar-refractivity contribution is 6.77. The fourth-order valence-electron chi connectivity index (χ4n) is 5.44. The van der Waals surface area contributed by atoms with Gasteiger partial charge in [-0.05, 0) is 30.5 Å². The maximum atomic E-state index is 13.7. The monoisotopic (exact) mass is 504 g/mol. The minimum Gasteiger partial charge on any atom is -0.457 e. The number of aromatic nitrogens is 2. The summed E-state index contributed by atoms with van der Waals surface area (Å²) in [6.07, 6.45) is 1.11. The maximum Gasteiger partial charge on any atom is 0.355 e. The molecule has 0 spiro atoms. The topological polar surface area (TPSA) is 87.5 Å². The van der Waals surface area contributed by atoms with Crippen LogP contribution in [-0.2, 0) is 44.2 Å². The van der Waals surface area contributed by atoms with Gasteiger partial charge in [0.15, 0.2) is 0 Å². The predicted molar refractivity (Wildman–Crippen MR) is 141 cm³/mol. The summed E-state index contributed by atoms with van der Waals surface area (Å²) < 4.78 is 12.7. The minimum absolute atomic E-state index is 0.134. The molecule has 0 N–H and O–H groups in total. The molecule has 2 aliphatic rings. The van der Waals surface area contributed by atoms with Crippen LogP contribution in [0.4, 0.5) is 0 Å². The molecule has 3 aromatic rings. The molecule has 1 atom stereocenters. The van der Waals surface area contributed by atoms with E-state index in [-0.39, 0.29) is 18.6 Å². The summed E-state index contributed by atoms with van der Waals surface area (Å²) in [7, 11) is -1.33. The van der Waals surface area contributed by atoms with Gasteiger partial charge in [-0.2, -0.15) is 0 Å². The molecule has 0 unspecified atom stereocenters. The molecule has 4 heterocycles. The molecule has 0 saturated carbocycles. The highest BCUT2D eigenvalue weighted by atomic mass is 28.3. The number of fused-ring (bicyclic) bond motifs is 5. The van der Waals surface area contributed by atoms with Crippen molar-refractivity contribution in [2.24, 2.45) is 0 Å². The summed E-state index contributed by atoms with van der Waals surface area (Å²) in [5, 5.41) is 1.13. The first-order valence-electron chi connectivity index (χ1n) is 12.7. The van der Waals surface area contributed by atoms with E-state index in [1.165, 1.54) is 18.5 Å². The second-order valence-corrected chi connectivity index (χ2v) is 16.2. The molecule has 0 saturated heterocycles. The number of nitrogens with zero attached hydrogens (tertiary/aromatic N) is 2. The molecule has 2 aromatic heterocycles. The molecule has 7 nitrogen and oxygen atoms in total. The summed E-state index contributed by atoms with van der Waals surface area (Å²) >= 11 is 0. The summed E-state index contributed by atoms with van der Waals surface area (Å²) in [6, 6.07) is 12.3. The Labute approximate surface area is 211 Å². The zero-order valence-corrected chi connectivity index (χ0v) is 22.6. The largest absolute Gasteiger partial charge is 0.457 e. The van der Waals surface area contributed by atoms with Crippen molar-refractivity contribution in [3.63, 3.8) is 0 Å². The lowest BCUT2D eigenvalue weighted by molar-refractivity contribution is -0.188. The molecule has 36 heavy (non-hydrogen) atoms. The first kappa shape index (κ1) is 24.4. The Bertz CT molecular complexity index is 1480. The van der Waals surface area contributed by atoms with E-state index in [4.69, 9.17) is 14.5 Å². The zero-order valence-electron chi connectivity index (χ0n) is 21.6. The first-order chi connectivity index (χ1) is 17.1. The standard InChI is InChI=1S/C28H32N2O5Si/c1-6-28(35-17(3)31)22-14-24-25-20(15-30(24)26(32)21(22)16-34-27(28)33)18(12-13-36(4,5)7-2)19-10-8-9-11-23(19)29-25/h8-11,14H,6-7,12-13,15-16H2,1-5H3/t28-/m0/s1. The summed E-state index contributed by atoms with van der Waals surface area (Å²) in [6.45, 7) is 10.4. The van der Waals surface area contributed by atoms with Crippen molar-refractivity contribution in [3.05, 3.63) is 62.9 Å². The van der Waals surface area contributed by atoms with E-state index in [0.29, 0.717) is 23.4 Å². The smallest absolute Gasteiger partial charge is 0.355 e. The Morgan fingerprint density at radius 2 is 1.94 bits per heavy atom. The van der Waals surface area contributed by atoms with Crippen LogP contribution in [0.5, 0.6) is 0 Å².